The number of carbonyl (C=O) groups excluding carboxylic acids is 2. The topological polar surface area (TPSA) is 52.6 Å². The summed E-state index contributed by atoms with van der Waals surface area (Å²) in [5.74, 6) is -2.59. The Labute approximate surface area is 168 Å². The molecule has 1 aliphatic rings. The molecule has 0 spiro atoms. The maximum atomic E-state index is 14.0. The van der Waals surface area contributed by atoms with E-state index < -0.39 is 23.4 Å². The molecule has 0 amide bonds. The molecule has 0 bridgehead atoms. The van der Waals surface area contributed by atoms with Crippen molar-refractivity contribution in [3.8, 4) is 11.5 Å². The second-order valence-corrected chi connectivity index (χ2v) is 6.51. The van der Waals surface area contributed by atoms with Crippen molar-refractivity contribution >= 4 is 29.4 Å². The van der Waals surface area contributed by atoms with Gasteiger partial charge in [0.15, 0.2) is 5.76 Å². The highest BCUT2D eigenvalue weighted by atomic mass is 35.5. The average Bonchev–Trinajstić information content (AvgIpc) is 3.00. The Balaban J connectivity index is 1.60. The summed E-state index contributed by atoms with van der Waals surface area (Å²) in [5.41, 5.74) is 0.0192. The van der Waals surface area contributed by atoms with E-state index in [0.717, 1.165) is 6.07 Å². The lowest BCUT2D eigenvalue weighted by Gasteiger charge is -2.06. The lowest BCUT2D eigenvalue weighted by molar-refractivity contribution is 0.0729. The number of Topliss-reactive ketones (excluding diaryl/α,β-unsaturated/α-hetero) is 1. The molecule has 0 aliphatic carbocycles. The number of halogens is 3. The van der Waals surface area contributed by atoms with Crippen LogP contribution in [0.2, 0.25) is 5.02 Å². The van der Waals surface area contributed by atoms with Crippen molar-refractivity contribution in [2.45, 2.75) is 0 Å². The summed E-state index contributed by atoms with van der Waals surface area (Å²) in [6.45, 7) is 0. The standard InChI is InChI=1S/C22H11ClF2O4/c23-16-5-3-7-18(25)15(16)11-20-21(26)14-9-8-12(10-19(14)29-20)28-22(27)13-4-1-2-6-17(13)24/h1-11H/b20-11-. The third-order valence-electron chi connectivity index (χ3n) is 4.22. The molecule has 0 aromatic heterocycles. The zero-order valence-corrected chi connectivity index (χ0v) is 15.4. The monoisotopic (exact) mass is 412 g/mol. The molecule has 0 saturated carbocycles. The Morgan fingerprint density at radius 2 is 1.76 bits per heavy atom. The van der Waals surface area contributed by atoms with Gasteiger partial charge in [-0.25, -0.2) is 13.6 Å². The van der Waals surface area contributed by atoms with Crippen LogP contribution in [0.5, 0.6) is 11.5 Å². The quantitative estimate of drug-likeness (QED) is 0.326. The Morgan fingerprint density at radius 1 is 1.00 bits per heavy atom. The van der Waals surface area contributed by atoms with E-state index in [-0.39, 0.29) is 39.0 Å². The minimum absolute atomic E-state index is 0.0246. The fraction of sp³-hybridized carbons (Fsp3) is 0. The number of hydrogen-bond donors (Lipinski definition) is 0. The predicted molar refractivity (Wildman–Crippen MR) is 102 cm³/mol. The number of carbonyl (C=O) groups is 2. The van der Waals surface area contributed by atoms with E-state index in [2.05, 4.69) is 0 Å². The van der Waals surface area contributed by atoms with Crippen LogP contribution >= 0.6 is 11.6 Å². The van der Waals surface area contributed by atoms with Gasteiger partial charge in [0, 0.05) is 11.6 Å². The van der Waals surface area contributed by atoms with Crippen molar-refractivity contribution in [3.05, 3.63) is 99.8 Å². The molecule has 0 N–H and O–H groups in total. The van der Waals surface area contributed by atoms with Crippen molar-refractivity contribution in [2.75, 3.05) is 0 Å². The van der Waals surface area contributed by atoms with Crippen molar-refractivity contribution in [3.63, 3.8) is 0 Å². The summed E-state index contributed by atoms with van der Waals surface area (Å²) < 4.78 is 38.4. The molecular weight excluding hydrogens is 402 g/mol. The summed E-state index contributed by atoms with van der Waals surface area (Å²) in [5, 5.41) is 0.129. The molecule has 7 heteroatoms. The van der Waals surface area contributed by atoms with Crippen LogP contribution in [-0.4, -0.2) is 11.8 Å². The van der Waals surface area contributed by atoms with E-state index in [0.29, 0.717) is 0 Å². The maximum absolute atomic E-state index is 14.0. The molecule has 0 fully saturated rings. The zero-order chi connectivity index (χ0) is 20.5. The number of hydrogen-bond acceptors (Lipinski definition) is 4. The smallest absolute Gasteiger partial charge is 0.346 e. The van der Waals surface area contributed by atoms with Gasteiger partial charge in [0.25, 0.3) is 0 Å². The molecule has 0 unspecified atom stereocenters. The molecule has 0 atom stereocenters. The Bertz CT molecular complexity index is 1170. The van der Waals surface area contributed by atoms with Gasteiger partial charge in [0.05, 0.1) is 16.1 Å². The number of esters is 1. The largest absolute Gasteiger partial charge is 0.452 e. The molecule has 29 heavy (non-hydrogen) atoms. The highest BCUT2D eigenvalue weighted by Gasteiger charge is 2.29. The third kappa shape index (κ3) is 3.62. The maximum Gasteiger partial charge on any atom is 0.346 e. The lowest BCUT2D eigenvalue weighted by Crippen LogP contribution is -2.10. The summed E-state index contributed by atoms with van der Waals surface area (Å²) in [4.78, 5) is 24.6. The van der Waals surface area contributed by atoms with E-state index in [4.69, 9.17) is 21.1 Å². The number of benzene rings is 3. The molecule has 1 heterocycles. The van der Waals surface area contributed by atoms with E-state index in [1.807, 2.05) is 0 Å². The summed E-state index contributed by atoms with van der Waals surface area (Å²) in [7, 11) is 0. The van der Waals surface area contributed by atoms with Crippen LogP contribution in [0, 0.1) is 11.6 Å². The molecule has 0 radical (unpaired) electrons. The van der Waals surface area contributed by atoms with Crippen LogP contribution in [0.3, 0.4) is 0 Å². The average molecular weight is 413 g/mol. The second-order valence-electron chi connectivity index (χ2n) is 6.10. The Morgan fingerprint density at radius 3 is 2.52 bits per heavy atom. The van der Waals surface area contributed by atoms with Crippen LogP contribution in [0.15, 0.2) is 66.4 Å². The minimum atomic E-state index is -0.888. The SMILES string of the molecule is O=C(Oc1ccc2c(c1)O/C(=C\c1c(F)cccc1Cl)C2=O)c1ccccc1F. The van der Waals surface area contributed by atoms with Crippen LogP contribution in [0.1, 0.15) is 26.3 Å². The number of allylic oxidation sites excluding steroid dienone is 1. The first-order valence-corrected chi connectivity index (χ1v) is 8.81. The van der Waals surface area contributed by atoms with Gasteiger partial charge in [-0.05, 0) is 42.5 Å². The molecular formula is C22H11ClF2O4. The molecule has 144 valence electrons. The number of fused-ring (bicyclic) bond motifs is 1. The fourth-order valence-corrected chi connectivity index (χ4v) is 3.02. The predicted octanol–water partition coefficient (Wildman–Crippen LogP) is 5.45. The molecule has 1 aliphatic heterocycles. The van der Waals surface area contributed by atoms with Gasteiger partial charge in [-0.2, -0.15) is 0 Å². The number of ether oxygens (including phenoxy) is 2. The van der Waals surface area contributed by atoms with Gasteiger partial charge in [-0.3, -0.25) is 4.79 Å². The van der Waals surface area contributed by atoms with Crippen molar-refractivity contribution < 1.29 is 27.8 Å². The van der Waals surface area contributed by atoms with Gasteiger partial charge < -0.3 is 9.47 Å². The Kier molecular flexibility index (Phi) is 4.86. The van der Waals surface area contributed by atoms with Crippen LogP contribution in [0.4, 0.5) is 8.78 Å². The lowest BCUT2D eigenvalue weighted by atomic mass is 10.1. The second kappa shape index (κ2) is 7.48. The third-order valence-corrected chi connectivity index (χ3v) is 4.55. The van der Waals surface area contributed by atoms with Gasteiger partial charge in [-0.15, -0.1) is 0 Å². The van der Waals surface area contributed by atoms with Gasteiger partial charge in [0.2, 0.25) is 5.78 Å². The molecule has 3 aromatic carbocycles. The van der Waals surface area contributed by atoms with E-state index in [9.17, 15) is 18.4 Å². The normalized spacial score (nSPS) is 13.9. The van der Waals surface area contributed by atoms with Crippen LogP contribution in [-0.2, 0) is 0 Å². The zero-order valence-electron chi connectivity index (χ0n) is 14.6. The number of rotatable bonds is 3. The first-order chi connectivity index (χ1) is 13.9. The summed E-state index contributed by atoms with van der Waals surface area (Å²) in [6.07, 6.45) is 1.21. The van der Waals surface area contributed by atoms with Crippen molar-refractivity contribution in [1.82, 2.24) is 0 Å². The number of ketones is 1. The van der Waals surface area contributed by atoms with Gasteiger partial charge in [0.1, 0.15) is 23.1 Å². The highest BCUT2D eigenvalue weighted by molar-refractivity contribution is 6.32. The molecule has 3 aromatic rings. The highest BCUT2D eigenvalue weighted by Crippen LogP contribution is 2.36. The molecule has 0 saturated heterocycles. The summed E-state index contributed by atoms with van der Waals surface area (Å²) >= 11 is 5.98. The van der Waals surface area contributed by atoms with E-state index in [1.165, 1.54) is 60.7 Å². The van der Waals surface area contributed by atoms with Crippen molar-refractivity contribution in [1.29, 1.82) is 0 Å². The summed E-state index contributed by atoms with van der Waals surface area (Å²) in [6, 6.07) is 13.7. The van der Waals surface area contributed by atoms with E-state index >= 15 is 0 Å². The minimum Gasteiger partial charge on any atom is -0.452 e. The molecule has 4 nitrogen and oxygen atoms in total. The van der Waals surface area contributed by atoms with Gasteiger partial charge in [-0.1, -0.05) is 29.8 Å². The van der Waals surface area contributed by atoms with Crippen molar-refractivity contribution in [2.24, 2.45) is 0 Å². The Hall–Kier alpha value is -3.51. The first kappa shape index (κ1) is 18.8. The van der Waals surface area contributed by atoms with Gasteiger partial charge >= 0.3 is 5.97 Å². The van der Waals surface area contributed by atoms with E-state index in [1.54, 1.807) is 0 Å². The van der Waals surface area contributed by atoms with Crippen LogP contribution < -0.4 is 9.47 Å². The fourth-order valence-electron chi connectivity index (χ4n) is 2.80. The van der Waals surface area contributed by atoms with Crippen LogP contribution in [0.25, 0.3) is 6.08 Å². The molecule has 4 rings (SSSR count). The first-order valence-electron chi connectivity index (χ1n) is 8.43.